The molecule has 0 aromatic carbocycles. The van der Waals surface area contributed by atoms with Gasteiger partial charge in [0.05, 0.1) is 18.9 Å². The van der Waals surface area contributed by atoms with Crippen molar-refractivity contribution in [3.8, 4) is 0 Å². The fraction of sp³-hybridized carbons (Fsp3) is 0.417. The molecule has 21 heavy (non-hydrogen) atoms. The number of anilines is 1. The van der Waals surface area contributed by atoms with Crippen LogP contribution in [0.4, 0.5) is 5.13 Å². The van der Waals surface area contributed by atoms with Gasteiger partial charge in [0.15, 0.2) is 4.34 Å². The van der Waals surface area contributed by atoms with Crippen molar-refractivity contribution in [2.45, 2.75) is 10.9 Å². The van der Waals surface area contributed by atoms with E-state index in [1.165, 1.54) is 23.1 Å². The third-order valence-corrected chi connectivity index (χ3v) is 5.25. The summed E-state index contributed by atoms with van der Waals surface area (Å²) in [5.41, 5.74) is 0. The number of rotatable bonds is 9. The predicted octanol–water partition coefficient (Wildman–Crippen LogP) is 2.07. The summed E-state index contributed by atoms with van der Waals surface area (Å²) in [6.45, 7) is 1.89. The number of hydrogen-bond acceptors (Lipinski definition) is 8. The molecule has 0 aliphatic heterocycles. The van der Waals surface area contributed by atoms with Crippen LogP contribution in [0.25, 0.3) is 0 Å². The van der Waals surface area contributed by atoms with Crippen LogP contribution in [-0.2, 0) is 16.1 Å². The highest BCUT2D eigenvalue weighted by Crippen LogP contribution is 2.25. The second-order valence-electron chi connectivity index (χ2n) is 3.94. The molecule has 0 unspecified atom stereocenters. The molecule has 0 bridgehead atoms. The largest absolute Gasteiger partial charge is 0.383 e. The van der Waals surface area contributed by atoms with Crippen LogP contribution in [0.5, 0.6) is 0 Å². The molecule has 2 rings (SSSR count). The zero-order valence-electron chi connectivity index (χ0n) is 11.5. The molecular weight excluding hydrogens is 328 g/mol. The Balaban J connectivity index is 1.66. The summed E-state index contributed by atoms with van der Waals surface area (Å²) >= 11 is 4.46. The molecule has 2 aromatic heterocycles. The van der Waals surface area contributed by atoms with E-state index in [2.05, 4.69) is 20.8 Å². The van der Waals surface area contributed by atoms with Crippen molar-refractivity contribution in [2.75, 3.05) is 31.3 Å². The van der Waals surface area contributed by atoms with Crippen molar-refractivity contribution in [1.29, 1.82) is 0 Å². The molecule has 2 N–H and O–H groups in total. The molecule has 0 aliphatic rings. The monoisotopic (exact) mass is 344 g/mol. The zero-order valence-corrected chi connectivity index (χ0v) is 13.9. The van der Waals surface area contributed by atoms with Gasteiger partial charge >= 0.3 is 0 Å². The number of aromatic nitrogens is 2. The number of thioether (sulfide) groups is 1. The first-order valence-corrected chi connectivity index (χ1v) is 8.94. The van der Waals surface area contributed by atoms with Crippen LogP contribution in [0.15, 0.2) is 21.9 Å². The first kappa shape index (κ1) is 16.2. The van der Waals surface area contributed by atoms with E-state index in [0.717, 1.165) is 14.3 Å². The van der Waals surface area contributed by atoms with Gasteiger partial charge < -0.3 is 15.4 Å². The number of carbonyl (C=O) groups excluding carboxylic acids is 1. The van der Waals surface area contributed by atoms with E-state index in [1.54, 1.807) is 18.4 Å². The molecule has 6 nitrogen and oxygen atoms in total. The van der Waals surface area contributed by atoms with Crippen molar-refractivity contribution >= 4 is 45.5 Å². The summed E-state index contributed by atoms with van der Waals surface area (Å²) in [5.74, 6) is 0.343. The van der Waals surface area contributed by atoms with Gasteiger partial charge in [0.25, 0.3) is 0 Å². The average Bonchev–Trinajstić information content (AvgIpc) is 3.15. The van der Waals surface area contributed by atoms with E-state index in [9.17, 15) is 4.79 Å². The van der Waals surface area contributed by atoms with Crippen molar-refractivity contribution in [1.82, 2.24) is 15.5 Å². The zero-order chi connectivity index (χ0) is 14.9. The number of methoxy groups -OCH3 is 1. The maximum absolute atomic E-state index is 11.7. The highest BCUT2D eigenvalue weighted by molar-refractivity contribution is 8.01. The molecule has 2 heterocycles. The normalized spacial score (nSPS) is 10.5. The Bertz CT molecular complexity index is 544. The quantitative estimate of drug-likeness (QED) is 0.536. The minimum Gasteiger partial charge on any atom is -0.383 e. The molecule has 0 saturated carbocycles. The van der Waals surface area contributed by atoms with Gasteiger partial charge in [0.2, 0.25) is 11.0 Å². The highest BCUT2D eigenvalue weighted by Gasteiger charge is 2.08. The molecule has 0 saturated heterocycles. The topological polar surface area (TPSA) is 76.1 Å². The lowest BCUT2D eigenvalue weighted by Gasteiger charge is -2.01. The van der Waals surface area contributed by atoms with E-state index in [0.29, 0.717) is 25.4 Å². The first-order chi connectivity index (χ1) is 10.3. The molecule has 0 spiro atoms. The van der Waals surface area contributed by atoms with Crippen molar-refractivity contribution in [3.63, 3.8) is 0 Å². The van der Waals surface area contributed by atoms with Crippen LogP contribution in [0, 0.1) is 0 Å². The van der Waals surface area contributed by atoms with Crippen LogP contribution in [0.1, 0.15) is 4.88 Å². The Morgan fingerprint density at radius 3 is 3.14 bits per heavy atom. The van der Waals surface area contributed by atoms with E-state index in [4.69, 9.17) is 4.74 Å². The second-order valence-corrected chi connectivity index (χ2v) is 7.17. The SMILES string of the molecule is COCCNc1nnc(SCC(=O)NCc2cccs2)s1. The van der Waals surface area contributed by atoms with Crippen molar-refractivity contribution in [3.05, 3.63) is 22.4 Å². The van der Waals surface area contributed by atoms with E-state index in [1.807, 2.05) is 17.5 Å². The van der Waals surface area contributed by atoms with Crippen molar-refractivity contribution in [2.24, 2.45) is 0 Å². The van der Waals surface area contributed by atoms with Gasteiger partial charge in [-0.25, -0.2) is 0 Å². The maximum atomic E-state index is 11.7. The number of nitrogens with zero attached hydrogens (tertiary/aromatic N) is 2. The Labute approximate surface area is 135 Å². The maximum Gasteiger partial charge on any atom is 0.230 e. The third kappa shape index (κ3) is 6.00. The highest BCUT2D eigenvalue weighted by atomic mass is 32.2. The van der Waals surface area contributed by atoms with Crippen LogP contribution >= 0.6 is 34.4 Å². The first-order valence-electron chi connectivity index (χ1n) is 6.26. The smallest absolute Gasteiger partial charge is 0.230 e. The standard InChI is InChI=1S/C12H16N4O2S3/c1-18-5-4-13-11-15-16-12(21-11)20-8-10(17)14-7-9-3-2-6-19-9/h2-3,6H,4-5,7-8H2,1H3,(H,13,15)(H,14,17). The fourth-order valence-corrected chi connectivity index (χ4v) is 3.63. The second kappa shape index (κ2) is 8.98. The summed E-state index contributed by atoms with van der Waals surface area (Å²) in [5, 5.41) is 16.8. The van der Waals surface area contributed by atoms with Gasteiger partial charge in [0.1, 0.15) is 0 Å². The molecule has 1 amide bonds. The summed E-state index contributed by atoms with van der Waals surface area (Å²) in [4.78, 5) is 12.9. The summed E-state index contributed by atoms with van der Waals surface area (Å²) < 4.78 is 5.72. The van der Waals surface area contributed by atoms with Gasteiger partial charge in [-0.2, -0.15) is 0 Å². The van der Waals surface area contributed by atoms with E-state index >= 15 is 0 Å². The van der Waals surface area contributed by atoms with Crippen LogP contribution in [0.2, 0.25) is 0 Å². The van der Waals surface area contributed by atoms with Gasteiger partial charge in [-0.15, -0.1) is 21.5 Å². The molecule has 114 valence electrons. The number of ether oxygens (including phenoxy) is 1. The number of carbonyl (C=O) groups is 1. The third-order valence-electron chi connectivity index (χ3n) is 2.36. The summed E-state index contributed by atoms with van der Waals surface area (Å²) in [6.07, 6.45) is 0. The van der Waals surface area contributed by atoms with Crippen molar-refractivity contribution < 1.29 is 9.53 Å². The summed E-state index contributed by atoms with van der Waals surface area (Å²) in [6, 6.07) is 3.97. The number of hydrogen-bond donors (Lipinski definition) is 2. The minimum atomic E-state index is -0.00232. The average molecular weight is 344 g/mol. The number of thiophene rings is 1. The molecule has 2 aromatic rings. The Kier molecular flexibility index (Phi) is 6.93. The Hall–Kier alpha value is -1.16. The molecule has 9 heteroatoms. The number of amides is 1. The van der Waals surface area contributed by atoms with Crippen LogP contribution < -0.4 is 10.6 Å². The van der Waals surface area contributed by atoms with E-state index in [-0.39, 0.29) is 5.91 Å². The number of nitrogens with one attached hydrogen (secondary N) is 2. The van der Waals surface area contributed by atoms with Gasteiger partial charge in [-0.1, -0.05) is 29.2 Å². The lowest BCUT2D eigenvalue weighted by atomic mass is 10.4. The Morgan fingerprint density at radius 1 is 1.48 bits per heavy atom. The molecule has 0 atom stereocenters. The van der Waals surface area contributed by atoms with Gasteiger partial charge in [-0.05, 0) is 11.4 Å². The molecular formula is C12H16N4O2S3. The predicted molar refractivity (Wildman–Crippen MR) is 87.2 cm³/mol. The molecule has 0 fully saturated rings. The minimum absolute atomic E-state index is 0.00232. The van der Waals surface area contributed by atoms with Gasteiger partial charge in [-0.3, -0.25) is 4.79 Å². The van der Waals surface area contributed by atoms with Gasteiger partial charge in [0, 0.05) is 18.5 Å². The lowest BCUT2D eigenvalue weighted by Crippen LogP contribution is -2.24. The Morgan fingerprint density at radius 2 is 2.38 bits per heavy atom. The summed E-state index contributed by atoms with van der Waals surface area (Å²) in [7, 11) is 1.65. The van der Waals surface area contributed by atoms with E-state index < -0.39 is 0 Å². The molecule has 0 radical (unpaired) electrons. The van der Waals surface area contributed by atoms with Crippen LogP contribution in [-0.4, -0.2) is 42.1 Å². The fourth-order valence-electron chi connectivity index (χ4n) is 1.38. The van der Waals surface area contributed by atoms with Crippen LogP contribution in [0.3, 0.4) is 0 Å². The molecule has 0 aliphatic carbocycles. The lowest BCUT2D eigenvalue weighted by molar-refractivity contribution is -0.118.